The zero-order chi connectivity index (χ0) is 43.9. The summed E-state index contributed by atoms with van der Waals surface area (Å²) >= 11 is 0. The van der Waals surface area contributed by atoms with Crippen molar-refractivity contribution in [2.75, 3.05) is 49.5 Å². The molecule has 4 amide bonds. The SMILES string of the molecule is COC(=O)c1cc(-c2ccc(NC(=O)c3cc(NC(=O)CCCCCOc4cc5c(cc4OC)C(=O)N4CCCC[C@H]4C(OC4CCCCO4)N5C(=O)O)cn3C)cc2)cn1C. The predicted molar refractivity (Wildman–Crippen MR) is 229 cm³/mol. The molecule has 2 fully saturated rings. The molecular formula is C45H54N6O11. The van der Waals surface area contributed by atoms with Gasteiger partial charge in [-0.15, -0.1) is 0 Å². The van der Waals surface area contributed by atoms with Crippen molar-refractivity contribution in [3.63, 3.8) is 0 Å². The van der Waals surface area contributed by atoms with Gasteiger partial charge >= 0.3 is 12.1 Å². The quantitative estimate of drug-likeness (QED) is 0.0823. The highest BCUT2D eigenvalue weighted by molar-refractivity contribution is 6.06. The Hall–Kier alpha value is -6.33. The number of hydrogen-bond donors (Lipinski definition) is 3. The molecule has 4 aromatic rings. The second-order valence-electron chi connectivity index (χ2n) is 15.7. The molecule has 0 saturated carbocycles. The molecule has 0 spiro atoms. The number of benzene rings is 2. The predicted octanol–water partition coefficient (Wildman–Crippen LogP) is 7.02. The van der Waals surface area contributed by atoms with Crippen LogP contribution in [0, 0.1) is 0 Å². The number of ether oxygens (including phenoxy) is 5. The van der Waals surface area contributed by atoms with Crippen molar-refractivity contribution in [2.45, 2.75) is 82.8 Å². The van der Waals surface area contributed by atoms with Gasteiger partial charge in [-0.25, -0.2) is 14.5 Å². The van der Waals surface area contributed by atoms with Crippen LogP contribution in [0.2, 0.25) is 0 Å². The molecule has 17 heteroatoms. The number of carbonyl (C=O) groups is 5. The first-order valence-corrected chi connectivity index (χ1v) is 21.0. The molecular weight excluding hydrogens is 801 g/mol. The molecule has 3 atom stereocenters. The van der Waals surface area contributed by atoms with Crippen LogP contribution in [0.5, 0.6) is 11.5 Å². The summed E-state index contributed by atoms with van der Waals surface area (Å²) < 4.78 is 32.2. The highest BCUT2D eigenvalue weighted by Gasteiger charge is 2.46. The number of amides is 4. The Bertz CT molecular complexity index is 2280. The maximum Gasteiger partial charge on any atom is 0.414 e. The van der Waals surface area contributed by atoms with Crippen LogP contribution >= 0.6 is 0 Å². The molecule has 3 aliphatic heterocycles. The van der Waals surface area contributed by atoms with Crippen molar-refractivity contribution in [2.24, 2.45) is 14.1 Å². The Morgan fingerprint density at radius 2 is 1.60 bits per heavy atom. The Morgan fingerprint density at radius 3 is 2.32 bits per heavy atom. The van der Waals surface area contributed by atoms with E-state index in [2.05, 4.69) is 10.6 Å². The lowest BCUT2D eigenvalue weighted by atomic mass is 10.00. The summed E-state index contributed by atoms with van der Waals surface area (Å²) in [5.41, 5.74) is 3.92. The lowest BCUT2D eigenvalue weighted by Crippen LogP contribution is -2.57. The molecule has 5 heterocycles. The maximum absolute atomic E-state index is 14.0. The molecule has 2 unspecified atom stereocenters. The standard InChI is InChI=1S/C45H54N6O11/c1-48-26-29(22-36(48)44(55)59-4)28-15-17-30(18-16-28)47-41(53)35-23-31(27-49(35)2)46-39(52)13-6-5-10-20-60-38-25-34-32(24-37(38)58-3)42(54)50-19-9-7-12-33(50)43(51(34)45(56)57)62-40-14-8-11-21-61-40/h15-18,22-27,33,40,43H,5-14,19-21H2,1-4H3,(H,46,52)(H,47,53)(H,56,57)/t33-,40?,43?/m0/s1. The number of rotatable bonds is 15. The van der Waals surface area contributed by atoms with Crippen molar-refractivity contribution in [3.8, 4) is 22.6 Å². The van der Waals surface area contributed by atoms with Gasteiger partial charge in [-0.05, 0) is 93.7 Å². The number of nitrogens with zero attached hydrogens (tertiary/aromatic N) is 4. The van der Waals surface area contributed by atoms with Crippen LogP contribution in [0.3, 0.4) is 0 Å². The van der Waals surface area contributed by atoms with E-state index in [1.165, 1.54) is 14.2 Å². The van der Waals surface area contributed by atoms with Crippen LogP contribution in [-0.4, -0.2) is 101 Å². The monoisotopic (exact) mass is 854 g/mol. The Morgan fingerprint density at radius 1 is 0.823 bits per heavy atom. The molecule has 3 aliphatic rings. The van der Waals surface area contributed by atoms with Crippen LogP contribution < -0.4 is 25.0 Å². The number of hydrogen-bond acceptors (Lipinski definition) is 10. The van der Waals surface area contributed by atoms with Gasteiger partial charge in [0.25, 0.3) is 11.8 Å². The van der Waals surface area contributed by atoms with Gasteiger partial charge in [0.05, 0.1) is 43.8 Å². The molecule has 0 radical (unpaired) electrons. The lowest BCUT2D eigenvalue weighted by molar-refractivity contribution is -0.198. The van der Waals surface area contributed by atoms with E-state index in [9.17, 15) is 29.1 Å². The third-order valence-electron chi connectivity index (χ3n) is 11.5. The van der Waals surface area contributed by atoms with Gasteiger partial charge in [-0.1, -0.05) is 12.1 Å². The lowest BCUT2D eigenvalue weighted by Gasteiger charge is -2.42. The number of fused-ring (bicyclic) bond motifs is 2. The summed E-state index contributed by atoms with van der Waals surface area (Å²) in [5, 5.41) is 16.4. The minimum Gasteiger partial charge on any atom is -0.493 e. The van der Waals surface area contributed by atoms with E-state index in [4.69, 9.17) is 23.7 Å². The van der Waals surface area contributed by atoms with E-state index in [0.29, 0.717) is 79.5 Å². The molecule has 0 bridgehead atoms. The molecule has 2 saturated heterocycles. The van der Waals surface area contributed by atoms with E-state index in [1.54, 1.807) is 70.7 Å². The second kappa shape index (κ2) is 19.6. The summed E-state index contributed by atoms with van der Waals surface area (Å²) in [6.07, 6.45) is 7.47. The second-order valence-corrected chi connectivity index (χ2v) is 15.7. The van der Waals surface area contributed by atoms with Crippen molar-refractivity contribution >= 4 is 46.8 Å². The summed E-state index contributed by atoms with van der Waals surface area (Å²) in [6, 6.07) is 13.2. The average molecular weight is 855 g/mol. The van der Waals surface area contributed by atoms with Gasteiger partial charge in [0.15, 0.2) is 24.0 Å². The number of anilines is 3. The third kappa shape index (κ3) is 9.73. The highest BCUT2D eigenvalue weighted by Crippen LogP contribution is 2.42. The molecule has 2 aromatic carbocycles. The first kappa shape index (κ1) is 43.7. The van der Waals surface area contributed by atoms with Gasteiger partial charge in [0.1, 0.15) is 11.4 Å². The van der Waals surface area contributed by atoms with Crippen LogP contribution in [0.4, 0.5) is 21.9 Å². The number of aromatic nitrogens is 2. The van der Waals surface area contributed by atoms with Gasteiger partial charge < -0.3 is 53.5 Å². The minimum absolute atomic E-state index is 0.169. The number of esters is 1. The number of unbranched alkanes of at least 4 members (excludes halogenated alkanes) is 2. The third-order valence-corrected chi connectivity index (χ3v) is 11.5. The largest absolute Gasteiger partial charge is 0.493 e. The fraction of sp³-hybridized carbons (Fsp3) is 0.444. The van der Waals surface area contributed by atoms with Gasteiger partial charge in [0, 0.05) is 63.4 Å². The van der Waals surface area contributed by atoms with Gasteiger partial charge in [-0.2, -0.15) is 0 Å². The van der Waals surface area contributed by atoms with Crippen LogP contribution in [0.15, 0.2) is 60.9 Å². The molecule has 3 N–H and O–H groups in total. The van der Waals surface area contributed by atoms with Crippen molar-refractivity contribution < 1.29 is 52.8 Å². The Kier molecular flexibility index (Phi) is 13.8. The minimum atomic E-state index is -1.25. The average Bonchev–Trinajstić information content (AvgIpc) is 3.83. The van der Waals surface area contributed by atoms with Crippen molar-refractivity contribution in [1.82, 2.24) is 14.0 Å². The number of methoxy groups -OCH3 is 2. The number of carbonyl (C=O) groups excluding carboxylic acids is 4. The number of carboxylic acid groups (broad SMARTS) is 1. The van der Waals surface area contributed by atoms with Crippen molar-refractivity contribution in [1.29, 1.82) is 0 Å². The molecule has 0 aliphatic carbocycles. The molecule has 2 aromatic heterocycles. The van der Waals surface area contributed by atoms with Crippen LogP contribution in [0.1, 0.15) is 95.5 Å². The molecule has 17 nitrogen and oxygen atoms in total. The number of aryl methyl sites for hydroxylation is 2. The van der Waals surface area contributed by atoms with E-state index >= 15 is 0 Å². The normalized spacial score (nSPS) is 18.6. The highest BCUT2D eigenvalue weighted by atomic mass is 16.7. The molecule has 330 valence electrons. The molecule has 62 heavy (non-hydrogen) atoms. The van der Waals surface area contributed by atoms with Gasteiger partial charge in [-0.3, -0.25) is 14.4 Å². The first-order valence-electron chi connectivity index (χ1n) is 21.0. The fourth-order valence-corrected chi connectivity index (χ4v) is 8.30. The number of piperidine rings is 1. The van der Waals surface area contributed by atoms with Gasteiger partial charge in [0.2, 0.25) is 5.91 Å². The van der Waals surface area contributed by atoms with Crippen molar-refractivity contribution in [3.05, 3.63) is 77.9 Å². The fourth-order valence-electron chi connectivity index (χ4n) is 8.30. The van der Waals surface area contributed by atoms with E-state index in [-0.39, 0.29) is 42.0 Å². The Balaban J connectivity index is 0.912. The first-order chi connectivity index (χ1) is 29.9. The summed E-state index contributed by atoms with van der Waals surface area (Å²) in [5.74, 6) is -0.664. The maximum atomic E-state index is 14.0. The summed E-state index contributed by atoms with van der Waals surface area (Å²) in [7, 11) is 6.30. The summed E-state index contributed by atoms with van der Waals surface area (Å²) in [4.78, 5) is 67.9. The zero-order valence-corrected chi connectivity index (χ0v) is 35.5. The summed E-state index contributed by atoms with van der Waals surface area (Å²) in [6.45, 7) is 1.27. The molecule has 7 rings (SSSR count). The van der Waals surface area contributed by atoms with Crippen LogP contribution in [0.25, 0.3) is 11.1 Å². The van der Waals surface area contributed by atoms with Crippen LogP contribution in [-0.2, 0) is 33.1 Å². The van der Waals surface area contributed by atoms with E-state index in [0.717, 1.165) is 41.7 Å². The number of nitrogens with one attached hydrogen (secondary N) is 2. The topological polar surface area (TPSA) is 192 Å². The van der Waals surface area contributed by atoms with E-state index < -0.39 is 30.6 Å². The smallest absolute Gasteiger partial charge is 0.414 e. The Labute approximate surface area is 359 Å². The zero-order valence-electron chi connectivity index (χ0n) is 35.5. The van der Waals surface area contributed by atoms with E-state index in [1.807, 2.05) is 18.3 Å².